The second-order valence-electron chi connectivity index (χ2n) is 15.4. The normalized spacial score (nSPS) is 52.0. The summed E-state index contributed by atoms with van der Waals surface area (Å²) < 4.78 is 36.3. The molecule has 7 N–H and O–H groups in total. The van der Waals surface area contributed by atoms with E-state index in [0.717, 1.165) is 0 Å². The maximum absolute atomic E-state index is 13.8. The maximum atomic E-state index is 13.8. The summed E-state index contributed by atoms with van der Waals surface area (Å²) in [5.41, 5.74) is 1.33. The molecule has 0 spiro atoms. The Morgan fingerprint density at radius 3 is 2.04 bits per heavy atom. The Bertz CT molecular complexity index is 1100. The van der Waals surface area contributed by atoms with Gasteiger partial charge in [-0.25, -0.2) is 0 Å². The average molecular weight is 692 g/mol. The molecule has 0 unspecified atom stereocenters. The van der Waals surface area contributed by atoms with Crippen molar-refractivity contribution in [3.05, 3.63) is 0 Å². The zero-order chi connectivity index (χ0) is 36.7. The maximum Gasteiger partial charge on any atom is 0.311 e. The number of ether oxygens (including phenoxy) is 6. The Labute approximate surface area is 284 Å². The minimum Gasteiger partial charge on any atom is -0.459 e. The number of cyclic esters (lactones) is 1. The number of carbonyl (C=O) groups excluding carboxylic acids is 2. The summed E-state index contributed by atoms with van der Waals surface area (Å²) in [6.45, 7) is 15.7. The molecule has 0 radical (unpaired) electrons. The summed E-state index contributed by atoms with van der Waals surface area (Å²) in [6.07, 6.45) is -10.4. The zero-order valence-corrected chi connectivity index (χ0v) is 30.4. The van der Waals surface area contributed by atoms with E-state index in [9.17, 15) is 35.1 Å². The van der Waals surface area contributed by atoms with Crippen LogP contribution in [-0.4, -0.2) is 129 Å². The van der Waals surface area contributed by atoms with Gasteiger partial charge in [0.2, 0.25) is 0 Å². The summed E-state index contributed by atoms with van der Waals surface area (Å²) in [4.78, 5) is 27.5. The highest BCUT2D eigenvalue weighted by Crippen LogP contribution is 2.40. The van der Waals surface area contributed by atoms with Gasteiger partial charge in [-0.2, -0.15) is 0 Å². The van der Waals surface area contributed by atoms with Crippen molar-refractivity contribution in [3.8, 4) is 0 Å². The molecule has 48 heavy (non-hydrogen) atoms. The second-order valence-corrected chi connectivity index (χ2v) is 15.4. The molecule has 18 atom stereocenters. The van der Waals surface area contributed by atoms with Crippen molar-refractivity contribution in [2.24, 2.45) is 29.4 Å². The molecule has 3 fully saturated rings. The third-order valence-corrected chi connectivity index (χ3v) is 11.1. The van der Waals surface area contributed by atoms with E-state index < -0.39 is 114 Å². The molecule has 0 bridgehead atoms. The first-order chi connectivity index (χ1) is 22.0. The summed E-state index contributed by atoms with van der Waals surface area (Å²) in [7, 11) is 1.47. The molecule has 3 aliphatic heterocycles. The third-order valence-electron chi connectivity index (χ3n) is 11.1. The molecular weight excluding hydrogens is 630 g/mol. The van der Waals surface area contributed by atoms with Crippen LogP contribution in [0.5, 0.6) is 0 Å². The first-order valence-electron chi connectivity index (χ1n) is 17.1. The number of ketones is 1. The highest BCUT2D eigenvalue weighted by atomic mass is 16.7. The number of Topliss-reactive ketones (excluding diaryl/α,β-unsaturated/α-hetero) is 1. The standard InChI is InChI=1S/C34H61NO13/c1-15-13-32(8,41)29(48-31-25(37)22(35)12-16(2)44-31)18(4)26(47-23-14-33(9,43-11)28(39)20(6)45-23)19(5)30(40)46-21(7)34(10,42)27(38)17(3)24(15)36/h15-23,25-29,31,37-39,41-42H,12-14,35H2,1-11H3/t15-,16-,17+,18+,19-,20+,21-,22+,23+,25-,26+,27-,28+,29-,31+,32-,33-,34-/m1/s1. The number of rotatable bonds is 5. The van der Waals surface area contributed by atoms with Crippen LogP contribution in [-0.2, 0) is 38.0 Å². The van der Waals surface area contributed by atoms with Crippen molar-refractivity contribution in [3.63, 3.8) is 0 Å². The van der Waals surface area contributed by atoms with Crippen LogP contribution in [0.3, 0.4) is 0 Å². The average Bonchev–Trinajstić information content (AvgIpc) is 3.00. The first-order valence-corrected chi connectivity index (χ1v) is 17.1. The quantitative estimate of drug-likeness (QED) is 0.220. The highest BCUT2D eigenvalue weighted by molar-refractivity contribution is 5.83. The number of hydrogen-bond donors (Lipinski definition) is 6. The second kappa shape index (κ2) is 15.5. The molecule has 14 nitrogen and oxygen atoms in total. The largest absolute Gasteiger partial charge is 0.459 e. The minimum absolute atomic E-state index is 0.0828. The van der Waals surface area contributed by atoms with Crippen molar-refractivity contribution >= 4 is 11.8 Å². The van der Waals surface area contributed by atoms with Crippen LogP contribution in [0, 0.1) is 23.7 Å². The van der Waals surface area contributed by atoms with Crippen molar-refractivity contribution in [1.82, 2.24) is 0 Å². The number of aliphatic hydroxyl groups is 5. The monoisotopic (exact) mass is 691 g/mol. The molecular formula is C34H61NO13. The Morgan fingerprint density at radius 2 is 1.46 bits per heavy atom. The van der Waals surface area contributed by atoms with E-state index in [-0.39, 0.29) is 18.9 Å². The van der Waals surface area contributed by atoms with Crippen LogP contribution in [0.2, 0.25) is 0 Å². The smallest absolute Gasteiger partial charge is 0.311 e. The van der Waals surface area contributed by atoms with Gasteiger partial charge in [0.15, 0.2) is 12.6 Å². The zero-order valence-electron chi connectivity index (χ0n) is 30.4. The van der Waals surface area contributed by atoms with Crippen molar-refractivity contribution in [1.29, 1.82) is 0 Å². The molecule has 0 aliphatic carbocycles. The summed E-state index contributed by atoms with van der Waals surface area (Å²) in [5, 5.41) is 56.5. The molecule has 0 aromatic heterocycles. The Kier molecular flexibility index (Phi) is 13.3. The van der Waals surface area contributed by atoms with Gasteiger partial charge in [0.1, 0.15) is 29.7 Å². The Balaban J connectivity index is 2.14. The van der Waals surface area contributed by atoms with Crippen molar-refractivity contribution in [2.45, 2.75) is 173 Å². The van der Waals surface area contributed by atoms with E-state index in [1.165, 1.54) is 34.8 Å². The molecule has 14 heteroatoms. The Morgan fingerprint density at radius 1 is 0.854 bits per heavy atom. The van der Waals surface area contributed by atoms with E-state index in [2.05, 4.69) is 0 Å². The van der Waals surface area contributed by atoms with Gasteiger partial charge < -0.3 is 59.7 Å². The predicted molar refractivity (Wildman–Crippen MR) is 172 cm³/mol. The summed E-state index contributed by atoms with van der Waals surface area (Å²) in [6, 6.07) is -0.675. The van der Waals surface area contributed by atoms with Crippen LogP contribution >= 0.6 is 0 Å². The lowest BCUT2D eigenvalue weighted by Crippen LogP contribution is -2.61. The van der Waals surface area contributed by atoms with Crippen LogP contribution in [0.25, 0.3) is 0 Å². The fourth-order valence-corrected chi connectivity index (χ4v) is 7.55. The molecule has 0 aromatic rings. The molecule has 3 aliphatic rings. The number of carbonyl (C=O) groups is 2. The molecule has 0 amide bonds. The third kappa shape index (κ3) is 8.59. The van der Waals surface area contributed by atoms with Gasteiger partial charge >= 0.3 is 5.97 Å². The van der Waals surface area contributed by atoms with Gasteiger partial charge in [0, 0.05) is 37.3 Å². The van der Waals surface area contributed by atoms with Gasteiger partial charge in [-0.15, -0.1) is 0 Å². The lowest BCUT2D eigenvalue weighted by molar-refractivity contribution is -0.315. The minimum atomic E-state index is -2.01. The lowest BCUT2D eigenvalue weighted by atomic mass is 9.74. The van der Waals surface area contributed by atoms with Crippen LogP contribution < -0.4 is 5.73 Å². The van der Waals surface area contributed by atoms with E-state index in [1.807, 2.05) is 0 Å². The van der Waals surface area contributed by atoms with Gasteiger partial charge in [0.25, 0.3) is 0 Å². The molecule has 0 aromatic carbocycles. The first kappa shape index (κ1) is 41.1. The SMILES string of the molecule is CO[C@]1(C)C[C@H](O[C@H]2[C@H](C)[C@@H](O[C@@H]3O[C@H](C)C[C@H](N)[C@H]3O)[C@](C)(O)C[C@@H](C)C(=O)[C@H](C)[C@@H](O)[C@](C)(O)[C@@H](C)OC(=O)[C@@H]2C)O[C@@H](C)[C@@H]1O. The van der Waals surface area contributed by atoms with Crippen LogP contribution in [0.1, 0.15) is 88.5 Å². The molecule has 280 valence electrons. The summed E-state index contributed by atoms with van der Waals surface area (Å²) >= 11 is 0. The fraction of sp³-hybridized carbons (Fsp3) is 0.941. The molecule has 3 rings (SSSR count). The van der Waals surface area contributed by atoms with E-state index >= 15 is 0 Å². The van der Waals surface area contributed by atoms with Gasteiger partial charge in [-0.1, -0.05) is 20.8 Å². The summed E-state index contributed by atoms with van der Waals surface area (Å²) in [5.74, 6) is -5.08. The predicted octanol–water partition coefficient (Wildman–Crippen LogP) is 0.793. The van der Waals surface area contributed by atoms with E-state index in [4.69, 9.17) is 34.2 Å². The van der Waals surface area contributed by atoms with Gasteiger partial charge in [-0.3, -0.25) is 9.59 Å². The highest BCUT2D eigenvalue weighted by Gasteiger charge is 2.53. The number of methoxy groups -OCH3 is 1. The van der Waals surface area contributed by atoms with Crippen molar-refractivity contribution < 1.29 is 63.5 Å². The molecule has 3 saturated heterocycles. The van der Waals surface area contributed by atoms with Crippen molar-refractivity contribution in [2.75, 3.05) is 7.11 Å². The van der Waals surface area contributed by atoms with E-state index in [0.29, 0.717) is 6.42 Å². The van der Waals surface area contributed by atoms with Gasteiger partial charge in [0.05, 0.1) is 47.6 Å². The Hall–Kier alpha value is -1.30. The molecule has 3 heterocycles. The van der Waals surface area contributed by atoms with Crippen LogP contribution in [0.15, 0.2) is 0 Å². The van der Waals surface area contributed by atoms with E-state index in [1.54, 1.807) is 41.5 Å². The number of esters is 1. The fourth-order valence-electron chi connectivity index (χ4n) is 7.55. The number of nitrogens with two attached hydrogens (primary N) is 1. The van der Waals surface area contributed by atoms with Gasteiger partial charge in [-0.05, 0) is 61.3 Å². The number of aliphatic hydroxyl groups excluding tert-OH is 3. The topological polar surface area (TPSA) is 217 Å². The molecule has 0 saturated carbocycles. The number of hydrogen-bond acceptors (Lipinski definition) is 14. The van der Waals surface area contributed by atoms with Crippen LogP contribution in [0.4, 0.5) is 0 Å². The lowest BCUT2D eigenvalue weighted by Gasteiger charge is -2.48.